The van der Waals surface area contributed by atoms with Crippen LogP contribution in [0.15, 0.2) is 36.4 Å². The van der Waals surface area contributed by atoms with Crippen LogP contribution in [0.5, 0.6) is 11.5 Å². The summed E-state index contributed by atoms with van der Waals surface area (Å²) >= 11 is 0. The Morgan fingerprint density at radius 2 is 1.65 bits per heavy atom. The second-order valence-corrected chi connectivity index (χ2v) is 8.21. The predicted octanol–water partition coefficient (Wildman–Crippen LogP) is 2.98. The molecule has 0 N–H and O–H groups in total. The van der Waals surface area contributed by atoms with Crippen molar-refractivity contribution in [3.8, 4) is 11.5 Å². The van der Waals surface area contributed by atoms with Gasteiger partial charge in [0.15, 0.2) is 11.5 Å². The molecule has 2 atom stereocenters. The first-order chi connectivity index (χ1) is 15.0. The van der Waals surface area contributed by atoms with Gasteiger partial charge in [0.2, 0.25) is 5.91 Å². The number of carbonyl (C=O) groups is 3. The lowest BCUT2D eigenvalue weighted by atomic mass is 9.92. The first-order valence-corrected chi connectivity index (χ1v) is 10.7. The Bertz CT molecular complexity index is 1060. The zero-order chi connectivity index (χ0) is 21.7. The maximum absolute atomic E-state index is 13.4. The van der Waals surface area contributed by atoms with Gasteiger partial charge in [0.05, 0.1) is 30.4 Å². The van der Waals surface area contributed by atoms with Gasteiger partial charge < -0.3 is 14.4 Å². The standard InChI is InChI=1S/C24H24N2O5/c1-14-19-13-21-20(30-10-5-11-31-21)12-16(19)8-9-25(14)22(27)15(2)26-23(28)17-6-3-4-7-18(17)24(26)29/h3-4,6-7,12-15H,5,8-11H2,1-2H3/t14?,15-/m0/s1. The van der Waals surface area contributed by atoms with Crippen LogP contribution < -0.4 is 9.47 Å². The third-order valence-electron chi connectivity index (χ3n) is 6.40. The largest absolute Gasteiger partial charge is 0.490 e. The molecule has 5 rings (SSSR count). The first-order valence-electron chi connectivity index (χ1n) is 10.7. The van der Waals surface area contributed by atoms with Crippen molar-refractivity contribution in [1.82, 2.24) is 9.80 Å². The summed E-state index contributed by atoms with van der Waals surface area (Å²) in [4.78, 5) is 41.9. The highest BCUT2D eigenvalue weighted by Crippen LogP contribution is 2.39. The number of fused-ring (bicyclic) bond motifs is 3. The zero-order valence-electron chi connectivity index (χ0n) is 17.6. The highest BCUT2D eigenvalue weighted by Gasteiger charge is 2.43. The fourth-order valence-electron chi connectivity index (χ4n) is 4.69. The maximum Gasteiger partial charge on any atom is 0.262 e. The molecular formula is C24H24N2O5. The molecule has 1 unspecified atom stereocenters. The summed E-state index contributed by atoms with van der Waals surface area (Å²) in [5.41, 5.74) is 2.85. The Morgan fingerprint density at radius 3 is 2.29 bits per heavy atom. The van der Waals surface area contributed by atoms with E-state index in [0.29, 0.717) is 43.1 Å². The molecule has 7 nitrogen and oxygen atoms in total. The number of nitrogens with zero attached hydrogens (tertiary/aromatic N) is 2. The van der Waals surface area contributed by atoms with Crippen LogP contribution in [0.25, 0.3) is 0 Å². The molecule has 2 aromatic rings. The van der Waals surface area contributed by atoms with Crippen LogP contribution in [0.3, 0.4) is 0 Å². The fraction of sp³-hybridized carbons (Fsp3) is 0.375. The van der Waals surface area contributed by atoms with E-state index in [4.69, 9.17) is 9.47 Å². The second-order valence-electron chi connectivity index (χ2n) is 8.21. The van der Waals surface area contributed by atoms with E-state index in [9.17, 15) is 14.4 Å². The molecule has 2 aromatic carbocycles. The molecule has 0 spiro atoms. The van der Waals surface area contributed by atoms with E-state index >= 15 is 0 Å². The maximum atomic E-state index is 13.4. The van der Waals surface area contributed by atoms with Gasteiger partial charge in [-0.05, 0) is 55.7 Å². The molecular weight excluding hydrogens is 396 g/mol. The summed E-state index contributed by atoms with van der Waals surface area (Å²) in [5.74, 6) is 0.387. The minimum atomic E-state index is -0.878. The number of benzene rings is 2. The zero-order valence-corrected chi connectivity index (χ0v) is 17.6. The molecule has 3 amide bonds. The van der Waals surface area contributed by atoms with Gasteiger partial charge in [-0.1, -0.05) is 12.1 Å². The van der Waals surface area contributed by atoms with E-state index in [2.05, 4.69) is 0 Å². The van der Waals surface area contributed by atoms with E-state index in [0.717, 1.165) is 28.2 Å². The van der Waals surface area contributed by atoms with Crippen molar-refractivity contribution < 1.29 is 23.9 Å². The van der Waals surface area contributed by atoms with Crippen LogP contribution in [-0.2, 0) is 11.2 Å². The minimum Gasteiger partial charge on any atom is -0.490 e. The monoisotopic (exact) mass is 420 g/mol. The predicted molar refractivity (Wildman–Crippen MR) is 112 cm³/mol. The summed E-state index contributed by atoms with van der Waals surface area (Å²) < 4.78 is 11.6. The van der Waals surface area contributed by atoms with Crippen LogP contribution >= 0.6 is 0 Å². The average Bonchev–Trinajstić information content (AvgIpc) is 2.92. The Morgan fingerprint density at radius 1 is 1.03 bits per heavy atom. The van der Waals surface area contributed by atoms with Crippen molar-refractivity contribution in [3.63, 3.8) is 0 Å². The number of ether oxygens (including phenoxy) is 2. The molecule has 0 saturated carbocycles. The fourth-order valence-corrected chi connectivity index (χ4v) is 4.69. The molecule has 0 saturated heterocycles. The Hall–Kier alpha value is -3.35. The average molecular weight is 420 g/mol. The van der Waals surface area contributed by atoms with E-state index in [-0.39, 0.29) is 11.9 Å². The molecule has 31 heavy (non-hydrogen) atoms. The minimum absolute atomic E-state index is 0.203. The highest BCUT2D eigenvalue weighted by atomic mass is 16.5. The smallest absolute Gasteiger partial charge is 0.262 e. The van der Waals surface area contributed by atoms with Crippen molar-refractivity contribution in [1.29, 1.82) is 0 Å². The highest BCUT2D eigenvalue weighted by molar-refractivity contribution is 6.22. The Balaban J connectivity index is 1.40. The molecule has 0 aromatic heterocycles. The molecule has 0 fully saturated rings. The molecule has 7 heteroatoms. The van der Waals surface area contributed by atoms with Gasteiger partial charge in [0.25, 0.3) is 11.8 Å². The lowest BCUT2D eigenvalue weighted by Gasteiger charge is -2.38. The normalized spacial score (nSPS) is 20.8. The molecule has 3 aliphatic heterocycles. The summed E-state index contributed by atoms with van der Waals surface area (Å²) in [6.45, 7) is 5.33. The second kappa shape index (κ2) is 7.41. The van der Waals surface area contributed by atoms with Crippen LogP contribution in [0.4, 0.5) is 0 Å². The third-order valence-corrected chi connectivity index (χ3v) is 6.40. The summed E-state index contributed by atoms with van der Waals surface area (Å²) in [5, 5.41) is 0. The lowest BCUT2D eigenvalue weighted by molar-refractivity contribution is -0.137. The molecule has 0 radical (unpaired) electrons. The van der Waals surface area contributed by atoms with Crippen LogP contribution in [0, 0.1) is 0 Å². The number of hydrogen-bond donors (Lipinski definition) is 0. The van der Waals surface area contributed by atoms with Crippen molar-refractivity contribution >= 4 is 17.7 Å². The van der Waals surface area contributed by atoms with Crippen molar-refractivity contribution in [3.05, 3.63) is 58.7 Å². The molecule has 0 aliphatic carbocycles. The molecule has 3 heterocycles. The molecule has 3 aliphatic rings. The summed E-state index contributed by atoms with van der Waals surface area (Å²) in [6.07, 6.45) is 1.51. The van der Waals surface area contributed by atoms with Crippen LogP contribution in [0.1, 0.15) is 58.2 Å². The molecule has 0 bridgehead atoms. The van der Waals surface area contributed by atoms with E-state index in [1.165, 1.54) is 0 Å². The number of rotatable bonds is 2. The third kappa shape index (κ3) is 3.07. The van der Waals surface area contributed by atoms with Crippen molar-refractivity contribution in [2.45, 2.75) is 38.8 Å². The Kier molecular flexibility index (Phi) is 4.68. The SMILES string of the molecule is CC1c2cc3c(cc2CCN1C(=O)[C@H](C)N1C(=O)c2ccccc2C1=O)OCCCO3. The first kappa shape index (κ1) is 19.6. The number of hydrogen-bond acceptors (Lipinski definition) is 5. The van der Waals surface area contributed by atoms with Gasteiger partial charge in [0.1, 0.15) is 6.04 Å². The number of amides is 3. The molecule has 160 valence electrons. The quantitative estimate of drug-likeness (QED) is 0.699. The van der Waals surface area contributed by atoms with Crippen LogP contribution in [-0.4, -0.2) is 53.3 Å². The number of imide groups is 1. The Labute approximate surface area is 180 Å². The van der Waals surface area contributed by atoms with Gasteiger partial charge in [-0.3, -0.25) is 19.3 Å². The van der Waals surface area contributed by atoms with Gasteiger partial charge in [-0.2, -0.15) is 0 Å². The van der Waals surface area contributed by atoms with Gasteiger partial charge in [0, 0.05) is 13.0 Å². The van der Waals surface area contributed by atoms with Crippen molar-refractivity contribution in [2.24, 2.45) is 0 Å². The van der Waals surface area contributed by atoms with Gasteiger partial charge in [-0.25, -0.2) is 0 Å². The summed E-state index contributed by atoms with van der Waals surface area (Å²) in [6, 6.07) is 9.59. The summed E-state index contributed by atoms with van der Waals surface area (Å²) in [7, 11) is 0. The van der Waals surface area contributed by atoms with Crippen LogP contribution in [0.2, 0.25) is 0 Å². The van der Waals surface area contributed by atoms with E-state index < -0.39 is 17.9 Å². The van der Waals surface area contributed by atoms with E-state index in [1.807, 2.05) is 19.1 Å². The van der Waals surface area contributed by atoms with Gasteiger partial charge in [-0.15, -0.1) is 0 Å². The lowest BCUT2D eigenvalue weighted by Crippen LogP contribution is -2.51. The topological polar surface area (TPSA) is 76.2 Å². The van der Waals surface area contributed by atoms with Gasteiger partial charge >= 0.3 is 0 Å². The number of carbonyl (C=O) groups excluding carboxylic acids is 3. The van der Waals surface area contributed by atoms with E-state index in [1.54, 1.807) is 36.1 Å². The van der Waals surface area contributed by atoms with Crippen molar-refractivity contribution in [2.75, 3.05) is 19.8 Å².